The Morgan fingerprint density at radius 1 is 0.842 bits per heavy atom. The molecule has 0 bridgehead atoms. The molecule has 76 heavy (non-hydrogen) atoms. The van der Waals surface area contributed by atoms with E-state index < -0.39 is 23.6 Å². The third-order valence-corrected chi connectivity index (χ3v) is 16.0. The van der Waals surface area contributed by atoms with Gasteiger partial charge < -0.3 is 32.1 Å². The zero-order valence-corrected chi connectivity index (χ0v) is 44.9. The van der Waals surface area contributed by atoms with Crippen LogP contribution in [0.15, 0.2) is 109 Å². The highest BCUT2D eigenvalue weighted by Gasteiger charge is 2.44. The number of ketones is 1. The number of imidazole rings is 1. The van der Waals surface area contributed by atoms with Gasteiger partial charge in [-0.25, -0.2) is 19.9 Å². The van der Waals surface area contributed by atoms with Crippen LogP contribution in [0, 0.1) is 12.3 Å². The lowest BCUT2D eigenvalue weighted by Crippen LogP contribution is -2.57. The topological polar surface area (TPSA) is 224 Å². The van der Waals surface area contributed by atoms with Crippen LogP contribution >= 0.6 is 11.3 Å². The van der Waals surface area contributed by atoms with E-state index in [9.17, 15) is 24.3 Å². The Balaban J connectivity index is 0.722. The number of carbonyl (C=O) groups excluding carboxylic acids is 4. The van der Waals surface area contributed by atoms with Crippen LogP contribution in [0.4, 0.5) is 5.82 Å². The fourth-order valence-corrected chi connectivity index (χ4v) is 11.2. The maximum absolute atomic E-state index is 14.1. The molecule has 1 aliphatic heterocycles. The van der Waals surface area contributed by atoms with E-state index in [4.69, 9.17) is 21.4 Å². The number of nitrogens with zero attached hydrogens (tertiary/aromatic N) is 6. The Morgan fingerprint density at radius 2 is 1.59 bits per heavy atom. The summed E-state index contributed by atoms with van der Waals surface area (Å²) in [5, 5.41) is 16.5. The largest absolute Gasteiger partial charge is 0.391 e. The van der Waals surface area contributed by atoms with Gasteiger partial charge in [0.15, 0.2) is 11.5 Å². The number of thiazole rings is 1. The monoisotopic (exact) mass is 1040 g/mol. The van der Waals surface area contributed by atoms with E-state index in [2.05, 4.69) is 63.1 Å². The molecule has 0 radical (unpaired) electrons. The molecule has 2 aliphatic rings. The first-order valence-corrected chi connectivity index (χ1v) is 27.6. The van der Waals surface area contributed by atoms with E-state index in [-0.39, 0.29) is 55.0 Å². The van der Waals surface area contributed by atoms with Crippen molar-refractivity contribution in [1.29, 1.82) is 0 Å². The quantitative estimate of drug-likeness (QED) is 0.0426. The molecule has 15 nitrogen and oxygen atoms in total. The van der Waals surface area contributed by atoms with Crippen LogP contribution in [0.25, 0.3) is 49.9 Å². The van der Waals surface area contributed by atoms with E-state index in [0.29, 0.717) is 36.6 Å². The van der Waals surface area contributed by atoms with Crippen LogP contribution in [0.5, 0.6) is 0 Å². The maximum Gasteiger partial charge on any atom is 0.246 e. The van der Waals surface area contributed by atoms with Gasteiger partial charge in [0.2, 0.25) is 17.7 Å². The van der Waals surface area contributed by atoms with E-state index in [1.807, 2.05) is 92.4 Å². The zero-order valence-electron chi connectivity index (χ0n) is 44.1. The summed E-state index contributed by atoms with van der Waals surface area (Å²) < 4.78 is 2.04. The van der Waals surface area contributed by atoms with Crippen LogP contribution in [-0.2, 0) is 37.7 Å². The summed E-state index contributed by atoms with van der Waals surface area (Å²) in [6.45, 7) is 7.89. The molecule has 4 aromatic heterocycles. The number of unbranched alkanes of at least 4 members (excludes halogenated alkanes) is 3. The normalized spacial score (nSPS) is 16.6. The average Bonchev–Trinajstić information content (AvgIpc) is 4.13. The average molecular weight is 1040 g/mol. The number of hydrogen-bond acceptors (Lipinski definition) is 12. The number of Topliss-reactive ketones (excluding diaryl/α,β-unsaturated/α-hetero) is 1. The van der Waals surface area contributed by atoms with Gasteiger partial charge in [-0.15, -0.1) is 11.3 Å². The fourth-order valence-electron chi connectivity index (χ4n) is 10.4. The molecule has 1 saturated carbocycles. The molecule has 3 atom stereocenters. The summed E-state index contributed by atoms with van der Waals surface area (Å²) >= 11 is 1.58. The molecule has 16 heteroatoms. The van der Waals surface area contributed by atoms with Crippen LogP contribution in [0.1, 0.15) is 120 Å². The second-order valence-corrected chi connectivity index (χ2v) is 22.6. The van der Waals surface area contributed by atoms with Crippen molar-refractivity contribution in [1.82, 2.24) is 40.0 Å². The Hall–Kier alpha value is -7.14. The number of benzene rings is 3. The number of pyridine rings is 2. The SMILES string of the molecule is Cc1ncsc1-c1ccc(CNC(=O)[C@@H]2C[C@@H](O)CN2C(=O)[C@@H](NC(=O)CCCCCCC(=O)CCCc2cccc(-c3ccc4nc(-c5cccnc5N)n(-c5ccc(C6(N)CCC6)cc5)c4n3)c2)C(C)(C)C)cc1. The van der Waals surface area contributed by atoms with Crippen molar-refractivity contribution in [3.8, 4) is 38.8 Å². The highest BCUT2D eigenvalue weighted by Crippen LogP contribution is 2.40. The highest BCUT2D eigenvalue weighted by molar-refractivity contribution is 7.13. The molecule has 9 rings (SSSR count). The fraction of sp³-hybridized carbons (Fsp3) is 0.400. The molecular formula is C60H70N10O5S. The number of hydrogen-bond donors (Lipinski definition) is 5. The number of aliphatic hydroxyl groups is 1. The van der Waals surface area contributed by atoms with Crippen LogP contribution in [-0.4, -0.2) is 82.7 Å². The smallest absolute Gasteiger partial charge is 0.246 e. The number of amides is 3. The Labute approximate surface area is 449 Å². The number of nitrogens with two attached hydrogens (primary N) is 2. The lowest BCUT2D eigenvalue weighted by molar-refractivity contribution is -0.144. The lowest BCUT2D eigenvalue weighted by Gasteiger charge is -2.38. The number of aromatic nitrogens is 5. The third kappa shape index (κ3) is 12.4. The lowest BCUT2D eigenvalue weighted by atomic mass is 9.73. The second kappa shape index (κ2) is 23.4. The number of β-amino-alcohol motifs (C(OH)–C–C–N with tert-alkyl or cyclic N) is 1. The molecule has 3 amide bonds. The summed E-state index contributed by atoms with van der Waals surface area (Å²) in [5.74, 6) is 0.284. The van der Waals surface area contributed by atoms with Crippen LogP contribution < -0.4 is 22.1 Å². The second-order valence-electron chi connectivity index (χ2n) is 21.8. The van der Waals surface area contributed by atoms with Crippen molar-refractivity contribution >= 4 is 51.8 Å². The zero-order chi connectivity index (χ0) is 53.6. The van der Waals surface area contributed by atoms with Gasteiger partial charge in [-0.05, 0) is 122 Å². The predicted octanol–water partition coefficient (Wildman–Crippen LogP) is 9.54. The molecule has 2 fully saturated rings. The van der Waals surface area contributed by atoms with Crippen molar-refractivity contribution in [3.05, 3.63) is 131 Å². The Morgan fingerprint density at radius 3 is 2.29 bits per heavy atom. The molecule has 1 aliphatic carbocycles. The molecule has 396 valence electrons. The molecule has 0 unspecified atom stereocenters. The van der Waals surface area contributed by atoms with Crippen molar-refractivity contribution in [2.24, 2.45) is 11.1 Å². The van der Waals surface area contributed by atoms with Crippen LogP contribution in [0.2, 0.25) is 0 Å². The van der Waals surface area contributed by atoms with Crippen molar-refractivity contribution < 1.29 is 24.3 Å². The summed E-state index contributed by atoms with van der Waals surface area (Å²) in [5.41, 5.74) is 24.0. The van der Waals surface area contributed by atoms with E-state index >= 15 is 0 Å². The number of anilines is 1. The van der Waals surface area contributed by atoms with Gasteiger partial charge in [0.1, 0.15) is 29.2 Å². The number of aryl methyl sites for hydroxylation is 2. The number of rotatable bonds is 21. The van der Waals surface area contributed by atoms with Gasteiger partial charge in [0.05, 0.1) is 33.4 Å². The molecule has 3 aromatic carbocycles. The maximum atomic E-state index is 14.1. The summed E-state index contributed by atoms with van der Waals surface area (Å²) in [6.07, 6.45) is 9.67. The first-order valence-electron chi connectivity index (χ1n) is 26.7. The van der Waals surface area contributed by atoms with Crippen molar-refractivity contribution in [2.45, 2.75) is 141 Å². The number of likely N-dealkylation sites (tertiary alicyclic amines) is 1. The molecule has 0 spiro atoms. The summed E-state index contributed by atoms with van der Waals surface area (Å²) in [4.78, 5) is 75.3. The van der Waals surface area contributed by atoms with Gasteiger partial charge in [0, 0.05) is 61.8 Å². The third-order valence-electron chi connectivity index (χ3n) is 15.0. The molecule has 1 saturated heterocycles. The Bertz CT molecular complexity index is 3190. The van der Waals surface area contributed by atoms with Gasteiger partial charge >= 0.3 is 0 Å². The summed E-state index contributed by atoms with van der Waals surface area (Å²) in [7, 11) is 0. The molecule has 7 aromatic rings. The standard InChI is InChI=1S/C60H70N10O5S/c1-38-52(76-37-65-38)41-22-20-40(21-23-41)35-64-57(74)50-34-46(72)36-69(50)58(75)53(59(2,3)4)68-51(73)19-8-6-5-7-16-45(71)17-10-14-39-13-9-15-42(33-39)48-28-29-49-56(66-48)70(55(67-49)47-18-11-32-63-54(47)61)44-26-24-43(25-27-44)60(62)30-12-31-60/h9,11,13,15,18,20-29,32-33,37,46,50,53,72H,5-8,10,12,14,16-17,19,30-31,34-36,62H2,1-4H3,(H2,61,63)(H,64,74)(H,68,73)/t46-,50+,53-/m1/s1. The van der Waals surface area contributed by atoms with E-state index in [1.54, 1.807) is 17.5 Å². The molecular weight excluding hydrogens is 973 g/mol. The van der Waals surface area contributed by atoms with Crippen molar-refractivity contribution in [3.63, 3.8) is 0 Å². The van der Waals surface area contributed by atoms with Crippen molar-refractivity contribution in [2.75, 3.05) is 12.3 Å². The first-order chi connectivity index (χ1) is 36.5. The van der Waals surface area contributed by atoms with Gasteiger partial charge in [0.25, 0.3) is 0 Å². The predicted molar refractivity (Wildman–Crippen MR) is 299 cm³/mol. The number of nitrogen functional groups attached to an aromatic ring is 1. The number of fused-ring (bicyclic) bond motifs is 1. The number of nitrogens with one attached hydrogen (secondary N) is 2. The number of aliphatic hydroxyl groups excluding tert-OH is 1. The molecule has 7 N–H and O–H groups in total. The van der Waals surface area contributed by atoms with Crippen LogP contribution in [0.3, 0.4) is 0 Å². The minimum atomic E-state index is -0.890. The molecule has 5 heterocycles. The highest BCUT2D eigenvalue weighted by atomic mass is 32.1. The minimum Gasteiger partial charge on any atom is -0.391 e. The van der Waals surface area contributed by atoms with Gasteiger partial charge in [-0.2, -0.15) is 0 Å². The first kappa shape index (κ1) is 53.7. The van der Waals surface area contributed by atoms with E-state index in [1.165, 1.54) is 4.90 Å². The van der Waals surface area contributed by atoms with Gasteiger partial charge in [-0.3, -0.25) is 23.7 Å². The minimum absolute atomic E-state index is 0.0111. The summed E-state index contributed by atoms with van der Waals surface area (Å²) in [6, 6.07) is 30.6. The van der Waals surface area contributed by atoms with Gasteiger partial charge in [-0.1, -0.05) is 88.2 Å². The van der Waals surface area contributed by atoms with E-state index in [0.717, 1.165) is 112 Å². The Kier molecular flexibility index (Phi) is 16.5. The number of carbonyl (C=O) groups is 4.